The van der Waals surface area contributed by atoms with Gasteiger partial charge in [-0.15, -0.1) is 0 Å². The van der Waals surface area contributed by atoms with Gasteiger partial charge in [-0.3, -0.25) is 4.57 Å². The van der Waals surface area contributed by atoms with E-state index in [2.05, 4.69) is 20.3 Å². The monoisotopic (exact) mass is 356 g/mol. The normalized spacial score (nSPS) is 22.0. The number of azide groups is 1. The molecule has 26 heavy (non-hydrogen) atoms. The van der Waals surface area contributed by atoms with Gasteiger partial charge in [0.15, 0.2) is 0 Å². The van der Waals surface area contributed by atoms with Gasteiger partial charge in [0, 0.05) is 29.6 Å². The Hall–Kier alpha value is -2.87. The Morgan fingerprint density at radius 3 is 2.92 bits per heavy atom. The van der Waals surface area contributed by atoms with Crippen LogP contribution in [0.15, 0.2) is 46.4 Å². The van der Waals surface area contributed by atoms with Gasteiger partial charge in [0.1, 0.15) is 12.0 Å². The summed E-state index contributed by atoms with van der Waals surface area (Å²) in [5.41, 5.74) is 10.0. The summed E-state index contributed by atoms with van der Waals surface area (Å²) >= 11 is 0. The van der Waals surface area contributed by atoms with Crippen molar-refractivity contribution in [2.24, 2.45) is 5.11 Å². The van der Waals surface area contributed by atoms with E-state index < -0.39 is 24.1 Å². The number of hydrogen-bond acceptors (Lipinski definition) is 6. The lowest BCUT2D eigenvalue weighted by Crippen LogP contribution is -2.29. The Bertz CT molecular complexity index is 863. The third-order valence-electron chi connectivity index (χ3n) is 4.33. The zero-order valence-corrected chi connectivity index (χ0v) is 14.3. The van der Waals surface area contributed by atoms with E-state index in [1.807, 2.05) is 37.3 Å². The van der Waals surface area contributed by atoms with Crippen molar-refractivity contribution in [2.45, 2.75) is 38.3 Å². The summed E-state index contributed by atoms with van der Waals surface area (Å²) in [5, 5.41) is 16.1. The number of rotatable bonds is 6. The van der Waals surface area contributed by atoms with Crippen molar-refractivity contribution >= 4 is 5.82 Å². The molecule has 1 fully saturated rings. The molecule has 0 spiro atoms. The molecule has 1 aliphatic heterocycles. The number of anilines is 1. The molecule has 9 heteroatoms. The predicted molar refractivity (Wildman–Crippen MR) is 95.5 cm³/mol. The zero-order valence-electron chi connectivity index (χ0n) is 14.3. The molecule has 0 aliphatic carbocycles. The number of nitrogens with zero attached hydrogens (tertiary/aromatic N) is 5. The number of aryl methyl sites for hydroxylation is 1. The molecular formula is C17H20N6O3. The fraction of sp³-hybridized carbons (Fsp3) is 0.412. The number of ether oxygens (including phenoxy) is 1. The van der Waals surface area contributed by atoms with Crippen LogP contribution in [0.25, 0.3) is 10.4 Å². The van der Waals surface area contributed by atoms with E-state index in [1.54, 1.807) is 6.20 Å². The molecule has 1 unspecified atom stereocenters. The number of hydrogen-bond donors (Lipinski definition) is 2. The SMILES string of the molecule is Cc1cn([C@@H]2CC(N=[N+]=[N-])[C@H](CO)O2)c(=O)nc1NCc1ccccc1. The zero-order chi connectivity index (χ0) is 18.5. The van der Waals surface area contributed by atoms with E-state index in [0.717, 1.165) is 11.1 Å². The summed E-state index contributed by atoms with van der Waals surface area (Å²) in [7, 11) is 0. The molecule has 2 N–H and O–H groups in total. The first-order chi connectivity index (χ1) is 12.6. The molecule has 9 nitrogen and oxygen atoms in total. The van der Waals surface area contributed by atoms with Crippen LogP contribution in [0, 0.1) is 6.92 Å². The van der Waals surface area contributed by atoms with Gasteiger partial charge in [-0.05, 0) is 18.0 Å². The molecule has 0 amide bonds. The van der Waals surface area contributed by atoms with Crippen LogP contribution in [0.1, 0.15) is 23.8 Å². The molecule has 3 atom stereocenters. The van der Waals surface area contributed by atoms with E-state index >= 15 is 0 Å². The van der Waals surface area contributed by atoms with E-state index in [0.29, 0.717) is 18.8 Å². The highest BCUT2D eigenvalue weighted by atomic mass is 16.5. The summed E-state index contributed by atoms with van der Waals surface area (Å²) < 4.78 is 7.03. The maximum absolute atomic E-state index is 12.4. The number of benzene rings is 1. The number of aliphatic hydroxyl groups is 1. The van der Waals surface area contributed by atoms with Crippen LogP contribution in [0.2, 0.25) is 0 Å². The Kier molecular flexibility index (Phi) is 5.52. The summed E-state index contributed by atoms with van der Waals surface area (Å²) in [6.07, 6.45) is 0.733. The molecule has 2 heterocycles. The van der Waals surface area contributed by atoms with Crippen LogP contribution in [-0.4, -0.2) is 33.4 Å². The summed E-state index contributed by atoms with van der Waals surface area (Å²) in [5.74, 6) is 0.512. The Morgan fingerprint density at radius 2 is 2.23 bits per heavy atom. The van der Waals surface area contributed by atoms with Crippen molar-refractivity contribution < 1.29 is 9.84 Å². The molecule has 136 valence electrons. The first-order valence-corrected chi connectivity index (χ1v) is 8.30. The predicted octanol–water partition coefficient (Wildman–Crippen LogP) is 2.12. The van der Waals surface area contributed by atoms with E-state index in [9.17, 15) is 9.90 Å². The number of aromatic nitrogens is 2. The molecule has 1 aromatic heterocycles. The molecular weight excluding hydrogens is 336 g/mol. The maximum atomic E-state index is 12.4. The smallest absolute Gasteiger partial charge is 0.351 e. The average Bonchev–Trinajstić information content (AvgIpc) is 3.06. The largest absolute Gasteiger partial charge is 0.394 e. The topological polar surface area (TPSA) is 125 Å². The highest BCUT2D eigenvalue weighted by molar-refractivity contribution is 5.42. The van der Waals surface area contributed by atoms with Crippen molar-refractivity contribution in [1.82, 2.24) is 9.55 Å². The number of nitrogens with one attached hydrogen (secondary N) is 1. The van der Waals surface area contributed by atoms with Crippen molar-refractivity contribution in [3.63, 3.8) is 0 Å². The minimum absolute atomic E-state index is 0.280. The summed E-state index contributed by atoms with van der Waals surface area (Å²) in [6, 6.07) is 9.30. The Labute approximate surface area is 149 Å². The van der Waals surface area contributed by atoms with E-state index in [1.165, 1.54) is 4.57 Å². The van der Waals surface area contributed by atoms with Crippen LogP contribution < -0.4 is 11.0 Å². The molecule has 1 aromatic carbocycles. The van der Waals surface area contributed by atoms with E-state index in [4.69, 9.17) is 10.3 Å². The molecule has 1 aliphatic rings. The van der Waals surface area contributed by atoms with Gasteiger partial charge in [-0.25, -0.2) is 4.79 Å². The quantitative estimate of drug-likeness (QED) is 0.466. The minimum Gasteiger partial charge on any atom is -0.394 e. The molecule has 1 saturated heterocycles. The second-order valence-corrected chi connectivity index (χ2v) is 6.12. The lowest BCUT2D eigenvalue weighted by molar-refractivity contribution is -0.0270. The van der Waals surface area contributed by atoms with Gasteiger partial charge in [-0.2, -0.15) is 4.98 Å². The third-order valence-corrected chi connectivity index (χ3v) is 4.33. The minimum atomic E-state index is -0.626. The van der Waals surface area contributed by atoms with Gasteiger partial charge in [0.2, 0.25) is 0 Å². The summed E-state index contributed by atoms with van der Waals surface area (Å²) in [6.45, 7) is 2.13. The van der Waals surface area contributed by atoms with Gasteiger partial charge in [0.25, 0.3) is 0 Å². The molecule has 3 rings (SSSR count). The van der Waals surface area contributed by atoms with Crippen LogP contribution in [-0.2, 0) is 11.3 Å². The second-order valence-electron chi connectivity index (χ2n) is 6.12. The molecule has 0 radical (unpaired) electrons. The lowest BCUT2D eigenvalue weighted by Gasteiger charge is -2.17. The van der Waals surface area contributed by atoms with Crippen molar-refractivity contribution in [2.75, 3.05) is 11.9 Å². The maximum Gasteiger partial charge on any atom is 0.351 e. The van der Waals surface area contributed by atoms with E-state index in [-0.39, 0.29) is 6.61 Å². The highest BCUT2D eigenvalue weighted by Gasteiger charge is 2.35. The molecule has 0 bridgehead atoms. The van der Waals surface area contributed by atoms with Gasteiger partial charge >= 0.3 is 5.69 Å². The first kappa shape index (κ1) is 17.9. The third kappa shape index (κ3) is 3.85. The van der Waals surface area contributed by atoms with Crippen molar-refractivity contribution in [3.05, 3.63) is 68.6 Å². The molecule has 0 saturated carbocycles. The Morgan fingerprint density at radius 1 is 1.46 bits per heavy atom. The standard InChI is InChI=1S/C17H20N6O3/c1-11-9-23(15-7-13(21-22-18)14(10-24)26-15)17(25)20-16(11)19-8-12-5-3-2-4-6-12/h2-6,9,13-15,24H,7-8,10H2,1H3,(H,19,20,25)/t13?,14-,15-/m0/s1. The van der Waals surface area contributed by atoms with Crippen molar-refractivity contribution in [3.8, 4) is 0 Å². The van der Waals surface area contributed by atoms with Gasteiger partial charge < -0.3 is 15.2 Å². The van der Waals surface area contributed by atoms with Crippen LogP contribution in [0.3, 0.4) is 0 Å². The lowest BCUT2D eigenvalue weighted by atomic mass is 10.1. The second kappa shape index (κ2) is 8.01. The fourth-order valence-electron chi connectivity index (χ4n) is 2.97. The number of aliphatic hydroxyl groups excluding tert-OH is 1. The molecule has 2 aromatic rings. The fourth-order valence-corrected chi connectivity index (χ4v) is 2.97. The van der Waals surface area contributed by atoms with Gasteiger partial charge in [-0.1, -0.05) is 35.4 Å². The summed E-state index contributed by atoms with van der Waals surface area (Å²) in [4.78, 5) is 19.3. The highest BCUT2D eigenvalue weighted by Crippen LogP contribution is 2.30. The Balaban J connectivity index is 1.77. The van der Waals surface area contributed by atoms with Gasteiger partial charge in [0.05, 0.1) is 18.8 Å². The first-order valence-electron chi connectivity index (χ1n) is 8.30. The van der Waals surface area contributed by atoms with Crippen LogP contribution in [0.5, 0.6) is 0 Å². The van der Waals surface area contributed by atoms with Crippen molar-refractivity contribution in [1.29, 1.82) is 0 Å². The van der Waals surface area contributed by atoms with Crippen LogP contribution >= 0.6 is 0 Å². The van der Waals surface area contributed by atoms with Crippen LogP contribution in [0.4, 0.5) is 5.82 Å². The average molecular weight is 356 g/mol.